The van der Waals surface area contributed by atoms with Crippen molar-refractivity contribution in [3.8, 4) is 0 Å². The zero-order chi connectivity index (χ0) is 15.4. The maximum absolute atomic E-state index is 10.7. The first-order valence-electron chi connectivity index (χ1n) is 5.95. The standard InChI is InChI=1S/C12H14N6O2S/c1-18(2)12-16-8(15-11(13)17-12)6-21-9-4-3-7(5-14-9)10(19)20/h3-5H,6H2,1-2H3,(H,19,20)(H2,13,15,16,17). The monoisotopic (exact) mass is 306 g/mol. The van der Waals surface area contributed by atoms with E-state index < -0.39 is 5.97 Å². The lowest BCUT2D eigenvalue weighted by Gasteiger charge is -2.11. The Kier molecular flexibility index (Phi) is 4.53. The van der Waals surface area contributed by atoms with E-state index in [4.69, 9.17) is 10.8 Å². The van der Waals surface area contributed by atoms with Crippen molar-refractivity contribution < 1.29 is 9.90 Å². The Hall–Kier alpha value is -2.42. The smallest absolute Gasteiger partial charge is 0.337 e. The highest BCUT2D eigenvalue weighted by atomic mass is 32.2. The fraction of sp³-hybridized carbons (Fsp3) is 0.250. The van der Waals surface area contributed by atoms with Crippen molar-refractivity contribution >= 4 is 29.6 Å². The molecule has 0 atom stereocenters. The second-order valence-corrected chi connectivity index (χ2v) is 5.28. The van der Waals surface area contributed by atoms with Crippen LogP contribution in [0.5, 0.6) is 0 Å². The quantitative estimate of drug-likeness (QED) is 0.777. The van der Waals surface area contributed by atoms with Crippen molar-refractivity contribution in [1.29, 1.82) is 0 Å². The Balaban J connectivity index is 2.07. The van der Waals surface area contributed by atoms with Crippen molar-refractivity contribution in [3.63, 3.8) is 0 Å². The molecule has 0 fully saturated rings. The van der Waals surface area contributed by atoms with E-state index >= 15 is 0 Å². The maximum Gasteiger partial charge on any atom is 0.337 e. The van der Waals surface area contributed by atoms with Gasteiger partial charge >= 0.3 is 5.97 Å². The molecule has 0 radical (unpaired) electrons. The number of nitrogens with zero attached hydrogens (tertiary/aromatic N) is 5. The van der Waals surface area contributed by atoms with Gasteiger partial charge in [0.05, 0.1) is 16.3 Å². The van der Waals surface area contributed by atoms with Crippen LogP contribution >= 0.6 is 11.8 Å². The Labute approximate surface area is 125 Å². The van der Waals surface area contributed by atoms with Gasteiger partial charge in [0.15, 0.2) is 0 Å². The molecule has 9 heteroatoms. The van der Waals surface area contributed by atoms with Crippen LogP contribution < -0.4 is 10.6 Å². The number of thioether (sulfide) groups is 1. The molecule has 3 N–H and O–H groups in total. The Morgan fingerprint density at radius 2 is 2.10 bits per heavy atom. The highest BCUT2D eigenvalue weighted by Gasteiger charge is 2.08. The van der Waals surface area contributed by atoms with E-state index in [0.717, 1.165) is 0 Å². The van der Waals surface area contributed by atoms with E-state index in [1.165, 1.54) is 24.0 Å². The van der Waals surface area contributed by atoms with Gasteiger partial charge in [0.2, 0.25) is 11.9 Å². The number of rotatable bonds is 5. The first-order chi connectivity index (χ1) is 9.95. The Bertz CT molecular complexity index is 647. The molecule has 2 aromatic heterocycles. The molecular formula is C12H14N6O2S. The molecule has 0 aliphatic carbocycles. The molecule has 0 saturated carbocycles. The summed E-state index contributed by atoms with van der Waals surface area (Å²) in [4.78, 5) is 28.9. The fourth-order valence-corrected chi connectivity index (χ4v) is 2.12. The van der Waals surface area contributed by atoms with Crippen molar-refractivity contribution in [1.82, 2.24) is 19.9 Å². The normalized spacial score (nSPS) is 10.4. The predicted molar refractivity (Wildman–Crippen MR) is 79.3 cm³/mol. The van der Waals surface area contributed by atoms with Gasteiger partial charge in [-0.2, -0.15) is 15.0 Å². The molecule has 0 aliphatic heterocycles. The number of carbonyl (C=O) groups is 1. The van der Waals surface area contributed by atoms with Crippen LogP contribution in [0.25, 0.3) is 0 Å². The number of pyridine rings is 1. The zero-order valence-corrected chi connectivity index (χ0v) is 12.3. The third-order valence-electron chi connectivity index (χ3n) is 2.42. The van der Waals surface area contributed by atoms with Gasteiger partial charge in [-0.3, -0.25) is 0 Å². The summed E-state index contributed by atoms with van der Waals surface area (Å²) in [5, 5.41) is 9.49. The van der Waals surface area contributed by atoms with E-state index in [2.05, 4.69) is 19.9 Å². The number of nitrogen functional groups attached to an aromatic ring is 1. The highest BCUT2D eigenvalue weighted by molar-refractivity contribution is 7.98. The van der Waals surface area contributed by atoms with Crippen LogP contribution in [0, 0.1) is 0 Å². The van der Waals surface area contributed by atoms with Crippen molar-refractivity contribution in [2.24, 2.45) is 0 Å². The number of hydrogen-bond acceptors (Lipinski definition) is 8. The minimum atomic E-state index is -1.00. The van der Waals surface area contributed by atoms with Gasteiger partial charge in [-0.05, 0) is 12.1 Å². The fourth-order valence-electron chi connectivity index (χ4n) is 1.42. The molecule has 0 amide bonds. The van der Waals surface area contributed by atoms with E-state index in [1.54, 1.807) is 11.0 Å². The topological polar surface area (TPSA) is 118 Å². The summed E-state index contributed by atoms with van der Waals surface area (Å²) in [5.41, 5.74) is 5.79. The molecular weight excluding hydrogens is 292 g/mol. The molecule has 2 aromatic rings. The van der Waals surface area contributed by atoms with Crippen LogP contribution in [0.1, 0.15) is 16.2 Å². The van der Waals surface area contributed by atoms with Crippen LogP contribution in [0.3, 0.4) is 0 Å². The van der Waals surface area contributed by atoms with Crippen LogP contribution in [0.2, 0.25) is 0 Å². The minimum absolute atomic E-state index is 0.152. The van der Waals surface area contributed by atoms with Crippen LogP contribution in [0.4, 0.5) is 11.9 Å². The summed E-state index contributed by atoms with van der Waals surface area (Å²) >= 11 is 1.39. The number of anilines is 2. The summed E-state index contributed by atoms with van der Waals surface area (Å²) in [6, 6.07) is 3.15. The molecule has 0 bridgehead atoms. The van der Waals surface area contributed by atoms with Crippen LogP contribution in [0.15, 0.2) is 23.4 Å². The molecule has 2 rings (SSSR count). The molecule has 0 saturated heterocycles. The third-order valence-corrected chi connectivity index (χ3v) is 3.36. The molecule has 2 heterocycles. The first-order valence-corrected chi connectivity index (χ1v) is 6.94. The van der Waals surface area contributed by atoms with Gasteiger partial charge in [0, 0.05) is 20.3 Å². The van der Waals surface area contributed by atoms with Crippen molar-refractivity contribution in [2.75, 3.05) is 24.7 Å². The summed E-state index contributed by atoms with van der Waals surface area (Å²) in [6.45, 7) is 0. The van der Waals surface area contributed by atoms with Gasteiger partial charge in [-0.1, -0.05) is 11.8 Å². The van der Waals surface area contributed by atoms with E-state index in [-0.39, 0.29) is 11.5 Å². The average molecular weight is 306 g/mol. The van der Waals surface area contributed by atoms with Gasteiger partial charge in [-0.15, -0.1) is 0 Å². The Morgan fingerprint density at radius 3 is 2.67 bits per heavy atom. The first kappa shape index (κ1) is 15.0. The summed E-state index contributed by atoms with van der Waals surface area (Å²) in [6.07, 6.45) is 1.32. The van der Waals surface area contributed by atoms with Gasteiger partial charge in [0.25, 0.3) is 0 Å². The molecule has 0 spiro atoms. The molecule has 0 aromatic carbocycles. The second kappa shape index (κ2) is 6.35. The van der Waals surface area contributed by atoms with E-state index in [1.807, 2.05) is 14.1 Å². The highest BCUT2D eigenvalue weighted by Crippen LogP contribution is 2.20. The molecule has 0 unspecified atom stereocenters. The lowest BCUT2D eigenvalue weighted by Crippen LogP contribution is -2.15. The average Bonchev–Trinajstić information content (AvgIpc) is 2.45. The molecule has 8 nitrogen and oxygen atoms in total. The number of aromatic nitrogens is 4. The number of carboxylic acid groups (broad SMARTS) is 1. The summed E-state index contributed by atoms with van der Waals surface area (Å²) in [5.74, 6) is 0.665. The number of carboxylic acids is 1. The van der Waals surface area contributed by atoms with Crippen molar-refractivity contribution in [3.05, 3.63) is 29.7 Å². The molecule has 0 aliphatic rings. The summed E-state index contributed by atoms with van der Waals surface area (Å²) < 4.78 is 0. The van der Waals surface area contributed by atoms with Crippen LogP contribution in [-0.4, -0.2) is 45.1 Å². The number of nitrogens with two attached hydrogens (primary N) is 1. The summed E-state index contributed by atoms with van der Waals surface area (Å²) in [7, 11) is 3.63. The van der Waals surface area contributed by atoms with Gasteiger partial charge < -0.3 is 15.7 Å². The number of hydrogen-bond donors (Lipinski definition) is 2. The lowest BCUT2D eigenvalue weighted by molar-refractivity contribution is 0.0696. The minimum Gasteiger partial charge on any atom is -0.478 e. The number of aromatic carboxylic acids is 1. The second-order valence-electron chi connectivity index (χ2n) is 4.28. The third kappa shape index (κ3) is 4.02. The maximum atomic E-state index is 10.7. The van der Waals surface area contributed by atoms with E-state index in [0.29, 0.717) is 22.6 Å². The SMILES string of the molecule is CN(C)c1nc(N)nc(CSc2ccc(C(=O)O)cn2)n1. The van der Waals surface area contributed by atoms with Crippen LogP contribution in [-0.2, 0) is 5.75 Å². The molecule has 110 valence electrons. The van der Waals surface area contributed by atoms with Crippen molar-refractivity contribution in [2.45, 2.75) is 10.8 Å². The van der Waals surface area contributed by atoms with Gasteiger partial charge in [0.1, 0.15) is 5.82 Å². The zero-order valence-electron chi connectivity index (χ0n) is 11.5. The molecule has 21 heavy (non-hydrogen) atoms. The lowest BCUT2D eigenvalue weighted by atomic mass is 10.3. The largest absolute Gasteiger partial charge is 0.478 e. The Morgan fingerprint density at radius 1 is 1.33 bits per heavy atom. The predicted octanol–water partition coefficient (Wildman–Crippen LogP) is 0.905. The van der Waals surface area contributed by atoms with Gasteiger partial charge in [-0.25, -0.2) is 9.78 Å². The van der Waals surface area contributed by atoms with E-state index in [9.17, 15) is 4.79 Å².